The molecule has 0 saturated heterocycles. The first-order valence-electron chi connectivity index (χ1n) is 4.96. The highest BCUT2D eigenvalue weighted by Gasteiger charge is 2.09. The van der Waals surface area contributed by atoms with Gasteiger partial charge in [0.05, 0.1) is 17.4 Å². The largest absolute Gasteiger partial charge is 0.397 e. The average molecular weight is 232 g/mol. The molecule has 4 heteroatoms. The minimum absolute atomic E-state index is 0.667. The van der Waals surface area contributed by atoms with Crippen LogP contribution in [0.15, 0.2) is 30.5 Å². The van der Waals surface area contributed by atoms with Gasteiger partial charge in [-0.05, 0) is 24.3 Å². The zero-order chi connectivity index (χ0) is 11.3. The summed E-state index contributed by atoms with van der Waals surface area (Å²) in [6, 6.07) is 7.75. The number of nitrogens with two attached hydrogens (primary N) is 1. The van der Waals surface area contributed by atoms with Gasteiger partial charge >= 0.3 is 0 Å². The van der Waals surface area contributed by atoms with E-state index < -0.39 is 0 Å². The van der Waals surface area contributed by atoms with Crippen LogP contribution in [0.4, 0.5) is 5.69 Å². The Labute approximate surface area is 97.4 Å². The molecule has 0 amide bonds. The number of halogens is 1. The molecular weight excluding hydrogens is 222 g/mol. The zero-order valence-corrected chi connectivity index (χ0v) is 9.49. The number of benzene rings is 1. The van der Waals surface area contributed by atoms with Crippen molar-refractivity contribution in [1.29, 1.82) is 0 Å². The Hall–Kier alpha value is -1.74. The predicted molar refractivity (Wildman–Crippen MR) is 67.6 cm³/mol. The number of pyridine rings is 1. The molecule has 2 heterocycles. The number of aromatic nitrogens is 2. The molecule has 3 rings (SSSR count). The van der Waals surface area contributed by atoms with Crippen molar-refractivity contribution in [1.82, 2.24) is 9.55 Å². The highest BCUT2D eigenvalue weighted by molar-refractivity contribution is 6.31. The highest BCUT2D eigenvalue weighted by Crippen LogP contribution is 2.29. The van der Waals surface area contributed by atoms with Gasteiger partial charge < -0.3 is 10.3 Å². The number of anilines is 1. The van der Waals surface area contributed by atoms with Crippen LogP contribution in [-0.4, -0.2) is 9.55 Å². The second-order valence-electron chi connectivity index (χ2n) is 3.86. The topological polar surface area (TPSA) is 43.8 Å². The molecule has 0 radical (unpaired) electrons. The van der Waals surface area contributed by atoms with Gasteiger partial charge in [0.15, 0.2) is 0 Å². The van der Waals surface area contributed by atoms with Crippen molar-refractivity contribution in [2.24, 2.45) is 7.05 Å². The molecule has 3 aromatic rings. The van der Waals surface area contributed by atoms with Gasteiger partial charge in [0.2, 0.25) is 0 Å². The Morgan fingerprint density at radius 2 is 2.06 bits per heavy atom. The fourth-order valence-electron chi connectivity index (χ4n) is 2.07. The van der Waals surface area contributed by atoms with Gasteiger partial charge in [0, 0.05) is 22.8 Å². The van der Waals surface area contributed by atoms with Crippen LogP contribution in [-0.2, 0) is 7.05 Å². The minimum atomic E-state index is 0.667. The summed E-state index contributed by atoms with van der Waals surface area (Å²) in [7, 11) is 1.99. The predicted octanol–water partition coefficient (Wildman–Crippen LogP) is 2.96. The van der Waals surface area contributed by atoms with Crippen molar-refractivity contribution in [3.8, 4) is 0 Å². The number of nitrogen functional groups attached to an aromatic ring is 1. The van der Waals surface area contributed by atoms with Crippen LogP contribution in [0.5, 0.6) is 0 Å². The Balaban J connectivity index is 2.60. The summed E-state index contributed by atoms with van der Waals surface area (Å²) in [5, 5.41) is 2.85. The molecule has 0 atom stereocenters. The summed E-state index contributed by atoms with van der Waals surface area (Å²) in [6.45, 7) is 0. The van der Waals surface area contributed by atoms with Crippen molar-refractivity contribution >= 4 is 39.2 Å². The number of fused-ring (bicyclic) bond motifs is 3. The molecule has 0 spiro atoms. The Bertz CT molecular complexity index is 641. The molecule has 0 unspecified atom stereocenters. The molecule has 1 aromatic carbocycles. The number of rotatable bonds is 0. The third-order valence-electron chi connectivity index (χ3n) is 2.82. The van der Waals surface area contributed by atoms with Crippen molar-refractivity contribution in [2.45, 2.75) is 0 Å². The third-order valence-corrected chi connectivity index (χ3v) is 3.05. The van der Waals surface area contributed by atoms with Crippen LogP contribution in [0.2, 0.25) is 5.02 Å². The Morgan fingerprint density at radius 3 is 2.88 bits per heavy atom. The van der Waals surface area contributed by atoms with Gasteiger partial charge in [0.25, 0.3) is 0 Å². The van der Waals surface area contributed by atoms with Gasteiger partial charge in [-0.25, -0.2) is 4.98 Å². The van der Waals surface area contributed by atoms with Gasteiger partial charge in [-0.15, -0.1) is 0 Å². The van der Waals surface area contributed by atoms with Crippen molar-refractivity contribution < 1.29 is 0 Å². The van der Waals surface area contributed by atoms with Crippen molar-refractivity contribution in [2.75, 3.05) is 5.73 Å². The van der Waals surface area contributed by atoms with Crippen LogP contribution in [0.25, 0.3) is 21.9 Å². The zero-order valence-electron chi connectivity index (χ0n) is 8.74. The minimum Gasteiger partial charge on any atom is -0.397 e. The van der Waals surface area contributed by atoms with Gasteiger partial charge in [-0.2, -0.15) is 0 Å². The summed E-state index contributed by atoms with van der Waals surface area (Å²) in [6.07, 6.45) is 1.67. The van der Waals surface area contributed by atoms with Crippen LogP contribution in [0.3, 0.4) is 0 Å². The van der Waals surface area contributed by atoms with E-state index in [0.29, 0.717) is 5.69 Å². The van der Waals surface area contributed by atoms with Crippen molar-refractivity contribution in [3.05, 3.63) is 35.5 Å². The van der Waals surface area contributed by atoms with E-state index >= 15 is 0 Å². The lowest BCUT2D eigenvalue weighted by Crippen LogP contribution is -1.90. The SMILES string of the molecule is Cn1c2ccc(Cl)cc2c2cc(N)cnc21. The van der Waals surface area contributed by atoms with Crippen LogP contribution >= 0.6 is 11.6 Å². The first kappa shape index (κ1) is 9.48. The lowest BCUT2D eigenvalue weighted by Gasteiger charge is -1.96. The maximum atomic E-state index is 6.01. The fourth-order valence-corrected chi connectivity index (χ4v) is 2.24. The molecule has 0 aliphatic rings. The van der Waals surface area contributed by atoms with Crippen LogP contribution < -0.4 is 5.73 Å². The molecule has 3 nitrogen and oxygen atoms in total. The number of nitrogens with zero attached hydrogens (tertiary/aromatic N) is 2. The van der Waals surface area contributed by atoms with Crippen LogP contribution in [0, 0.1) is 0 Å². The molecular formula is C12H10ClN3. The maximum Gasteiger partial charge on any atom is 0.140 e. The molecule has 2 N–H and O–H groups in total. The number of hydrogen-bond acceptors (Lipinski definition) is 2. The molecule has 16 heavy (non-hydrogen) atoms. The molecule has 0 fully saturated rings. The lowest BCUT2D eigenvalue weighted by atomic mass is 10.2. The van der Waals surface area contributed by atoms with Gasteiger partial charge in [-0.1, -0.05) is 11.6 Å². The Morgan fingerprint density at radius 1 is 1.25 bits per heavy atom. The normalized spacial score (nSPS) is 11.4. The molecule has 0 bridgehead atoms. The monoisotopic (exact) mass is 231 g/mol. The van der Waals surface area contributed by atoms with E-state index in [0.717, 1.165) is 27.0 Å². The molecule has 0 saturated carbocycles. The lowest BCUT2D eigenvalue weighted by molar-refractivity contribution is 0.990. The quantitative estimate of drug-likeness (QED) is 0.647. The average Bonchev–Trinajstić information content (AvgIpc) is 2.52. The molecule has 0 aliphatic heterocycles. The first-order valence-corrected chi connectivity index (χ1v) is 5.34. The van der Waals surface area contributed by atoms with Gasteiger partial charge in [0.1, 0.15) is 5.65 Å². The first-order chi connectivity index (χ1) is 7.66. The Kier molecular flexibility index (Phi) is 1.85. The van der Waals surface area contributed by atoms with Gasteiger partial charge in [-0.3, -0.25) is 0 Å². The summed E-state index contributed by atoms with van der Waals surface area (Å²) in [5.74, 6) is 0. The molecule has 80 valence electrons. The molecule has 0 aliphatic carbocycles. The van der Waals surface area contributed by atoms with Crippen molar-refractivity contribution in [3.63, 3.8) is 0 Å². The summed E-state index contributed by atoms with van der Waals surface area (Å²) in [5.41, 5.74) is 8.46. The smallest absolute Gasteiger partial charge is 0.140 e. The van der Waals surface area contributed by atoms with E-state index in [9.17, 15) is 0 Å². The third kappa shape index (κ3) is 1.18. The van der Waals surface area contributed by atoms with E-state index in [4.69, 9.17) is 17.3 Å². The summed E-state index contributed by atoms with van der Waals surface area (Å²) >= 11 is 6.01. The number of hydrogen-bond donors (Lipinski definition) is 1. The number of aryl methyl sites for hydroxylation is 1. The fraction of sp³-hybridized carbons (Fsp3) is 0.0833. The summed E-state index contributed by atoms with van der Waals surface area (Å²) < 4.78 is 2.04. The van der Waals surface area contributed by atoms with Crippen LogP contribution in [0.1, 0.15) is 0 Å². The van der Waals surface area contributed by atoms with E-state index in [2.05, 4.69) is 4.98 Å². The summed E-state index contributed by atoms with van der Waals surface area (Å²) in [4.78, 5) is 4.34. The van der Waals surface area contributed by atoms with E-state index in [-0.39, 0.29) is 0 Å². The van der Waals surface area contributed by atoms with E-state index in [1.54, 1.807) is 6.20 Å². The van der Waals surface area contributed by atoms with E-state index in [1.165, 1.54) is 0 Å². The highest BCUT2D eigenvalue weighted by atomic mass is 35.5. The molecule has 2 aromatic heterocycles. The second-order valence-corrected chi connectivity index (χ2v) is 4.30. The second kappa shape index (κ2) is 3.12. The maximum absolute atomic E-state index is 6.01. The van der Waals surface area contributed by atoms with E-state index in [1.807, 2.05) is 35.9 Å². The standard InChI is InChI=1S/C12H10ClN3/c1-16-11-3-2-7(13)4-9(11)10-5-8(14)6-15-12(10)16/h2-6H,14H2,1H3.